The molecule has 0 aliphatic rings. The molecule has 1 rings (SSSR count). The first-order chi connectivity index (χ1) is 17.6. The Morgan fingerprint density at radius 1 is 0.892 bits per heavy atom. The summed E-state index contributed by atoms with van der Waals surface area (Å²) in [6, 6.07) is 5.32. The standard InChI is InChI=1S/C26H43N5O5S/c1-17(2)15-19(28)23(32)29-20(11-7-8-13-27)24(33)31-22(16-18-9-5-4-6-10-18)25(34)30-21(26(35)36)12-14-37-3/h4-6,9-10,17,19-22H,7-8,11-16,27-28H2,1-3H3,(H,29,32)(H,30,34)(H,31,33)(H,35,36). The highest BCUT2D eigenvalue weighted by Gasteiger charge is 2.30. The second-order valence-corrected chi connectivity index (χ2v) is 10.5. The predicted octanol–water partition coefficient (Wildman–Crippen LogP) is 1.02. The summed E-state index contributed by atoms with van der Waals surface area (Å²) in [6.07, 6.45) is 4.32. The first kappa shape index (κ1) is 32.4. The van der Waals surface area contributed by atoms with Gasteiger partial charge in [-0.05, 0) is 62.1 Å². The van der Waals surface area contributed by atoms with E-state index < -0.39 is 47.9 Å². The number of carbonyl (C=O) groups is 4. The van der Waals surface area contributed by atoms with E-state index in [4.69, 9.17) is 11.5 Å². The third-order valence-electron chi connectivity index (χ3n) is 5.78. The number of carboxylic acid groups (broad SMARTS) is 1. The molecule has 208 valence electrons. The average molecular weight is 538 g/mol. The maximum absolute atomic E-state index is 13.3. The van der Waals surface area contributed by atoms with Crippen LogP contribution in [0.1, 0.15) is 51.5 Å². The zero-order valence-electron chi connectivity index (χ0n) is 22.1. The molecule has 1 aromatic carbocycles. The van der Waals surface area contributed by atoms with Gasteiger partial charge in [-0.3, -0.25) is 14.4 Å². The smallest absolute Gasteiger partial charge is 0.326 e. The van der Waals surface area contributed by atoms with E-state index in [1.54, 1.807) is 0 Å². The molecule has 10 nitrogen and oxygen atoms in total. The van der Waals surface area contributed by atoms with Gasteiger partial charge < -0.3 is 32.5 Å². The van der Waals surface area contributed by atoms with Crippen molar-refractivity contribution in [3.8, 4) is 0 Å². The van der Waals surface area contributed by atoms with Gasteiger partial charge in [-0.2, -0.15) is 11.8 Å². The largest absolute Gasteiger partial charge is 0.480 e. The first-order valence-electron chi connectivity index (χ1n) is 12.7. The molecule has 0 saturated carbocycles. The third kappa shape index (κ3) is 12.9. The average Bonchev–Trinajstić information content (AvgIpc) is 2.85. The van der Waals surface area contributed by atoms with Crippen LogP contribution in [-0.2, 0) is 25.6 Å². The van der Waals surface area contributed by atoms with Crippen molar-refractivity contribution >= 4 is 35.5 Å². The van der Waals surface area contributed by atoms with Crippen LogP contribution >= 0.6 is 11.8 Å². The highest BCUT2D eigenvalue weighted by atomic mass is 32.2. The minimum atomic E-state index is -1.14. The summed E-state index contributed by atoms with van der Waals surface area (Å²) < 4.78 is 0. The van der Waals surface area contributed by atoms with E-state index in [-0.39, 0.29) is 18.8 Å². The molecule has 37 heavy (non-hydrogen) atoms. The van der Waals surface area contributed by atoms with Gasteiger partial charge in [0.05, 0.1) is 6.04 Å². The summed E-state index contributed by atoms with van der Waals surface area (Å²) in [6.45, 7) is 4.35. The molecule has 0 heterocycles. The number of nitrogens with two attached hydrogens (primary N) is 2. The van der Waals surface area contributed by atoms with Crippen LogP contribution in [0.5, 0.6) is 0 Å². The minimum Gasteiger partial charge on any atom is -0.480 e. The molecule has 4 atom stereocenters. The summed E-state index contributed by atoms with van der Waals surface area (Å²) in [5, 5.41) is 17.6. The van der Waals surface area contributed by atoms with Crippen LogP contribution in [-0.4, -0.2) is 71.5 Å². The molecule has 11 heteroatoms. The van der Waals surface area contributed by atoms with Gasteiger partial charge in [-0.25, -0.2) is 4.79 Å². The van der Waals surface area contributed by atoms with Gasteiger partial charge in [-0.15, -0.1) is 0 Å². The van der Waals surface area contributed by atoms with Crippen molar-refractivity contribution in [1.82, 2.24) is 16.0 Å². The van der Waals surface area contributed by atoms with Gasteiger partial charge in [0.1, 0.15) is 18.1 Å². The van der Waals surface area contributed by atoms with Crippen LogP contribution < -0.4 is 27.4 Å². The van der Waals surface area contributed by atoms with Crippen LogP contribution in [0.25, 0.3) is 0 Å². The van der Waals surface area contributed by atoms with Crippen molar-refractivity contribution in [1.29, 1.82) is 0 Å². The highest BCUT2D eigenvalue weighted by Crippen LogP contribution is 2.09. The number of rotatable bonds is 18. The summed E-state index contributed by atoms with van der Waals surface area (Å²) in [5.41, 5.74) is 12.4. The van der Waals surface area contributed by atoms with E-state index in [2.05, 4.69) is 16.0 Å². The fraction of sp³-hybridized carbons (Fsp3) is 0.615. The van der Waals surface area contributed by atoms with E-state index in [1.165, 1.54) is 11.8 Å². The maximum Gasteiger partial charge on any atom is 0.326 e. The van der Waals surface area contributed by atoms with Gasteiger partial charge >= 0.3 is 5.97 Å². The third-order valence-corrected chi connectivity index (χ3v) is 6.43. The number of amides is 3. The van der Waals surface area contributed by atoms with Crippen LogP contribution in [0, 0.1) is 5.92 Å². The number of carbonyl (C=O) groups excluding carboxylic acids is 3. The summed E-state index contributed by atoms with van der Waals surface area (Å²) in [7, 11) is 0. The lowest BCUT2D eigenvalue weighted by Crippen LogP contribution is -2.57. The van der Waals surface area contributed by atoms with Gasteiger partial charge in [0.2, 0.25) is 17.7 Å². The van der Waals surface area contributed by atoms with Crippen molar-refractivity contribution in [3.05, 3.63) is 35.9 Å². The number of aliphatic carboxylic acids is 1. The van der Waals surface area contributed by atoms with Crippen LogP contribution in [0.3, 0.4) is 0 Å². The second kappa shape index (κ2) is 17.8. The SMILES string of the molecule is CSCCC(NC(=O)C(Cc1ccccc1)NC(=O)C(CCCCN)NC(=O)C(N)CC(C)C)C(=O)O. The topological polar surface area (TPSA) is 177 Å². The molecule has 0 aromatic heterocycles. The van der Waals surface area contributed by atoms with Crippen molar-refractivity contribution in [2.24, 2.45) is 17.4 Å². The molecule has 0 radical (unpaired) electrons. The lowest BCUT2D eigenvalue weighted by Gasteiger charge is -2.25. The van der Waals surface area contributed by atoms with Crippen molar-refractivity contribution in [3.63, 3.8) is 0 Å². The lowest BCUT2D eigenvalue weighted by atomic mass is 10.0. The number of hydrogen-bond acceptors (Lipinski definition) is 7. The number of unbranched alkanes of at least 4 members (excludes halogenated alkanes) is 1. The Kier molecular flexibility index (Phi) is 15.6. The highest BCUT2D eigenvalue weighted by molar-refractivity contribution is 7.98. The molecule has 0 saturated heterocycles. The fourth-order valence-corrected chi connectivity index (χ4v) is 4.22. The van der Waals surface area contributed by atoms with E-state index in [0.717, 1.165) is 5.56 Å². The minimum absolute atomic E-state index is 0.156. The molecule has 8 N–H and O–H groups in total. The first-order valence-corrected chi connectivity index (χ1v) is 14.1. The number of benzene rings is 1. The fourth-order valence-electron chi connectivity index (χ4n) is 3.75. The molecule has 0 fully saturated rings. The Morgan fingerprint density at radius 3 is 2.05 bits per heavy atom. The summed E-state index contributed by atoms with van der Waals surface area (Å²) in [5.74, 6) is -1.95. The molecule has 1 aromatic rings. The van der Waals surface area contributed by atoms with E-state index in [9.17, 15) is 24.3 Å². The van der Waals surface area contributed by atoms with Crippen LogP contribution in [0.2, 0.25) is 0 Å². The number of nitrogens with one attached hydrogen (secondary N) is 3. The van der Waals surface area contributed by atoms with Gasteiger partial charge in [0.15, 0.2) is 0 Å². The van der Waals surface area contributed by atoms with Crippen LogP contribution in [0.4, 0.5) is 0 Å². The monoisotopic (exact) mass is 537 g/mol. The Bertz CT molecular complexity index is 855. The van der Waals surface area contributed by atoms with Crippen molar-refractivity contribution < 1.29 is 24.3 Å². The molecule has 3 amide bonds. The molecule has 0 aliphatic heterocycles. The maximum atomic E-state index is 13.3. The number of thioether (sulfide) groups is 1. The zero-order valence-corrected chi connectivity index (χ0v) is 22.9. The Morgan fingerprint density at radius 2 is 1.49 bits per heavy atom. The van der Waals surface area contributed by atoms with E-state index >= 15 is 0 Å². The van der Waals surface area contributed by atoms with Crippen molar-refractivity contribution in [2.45, 2.75) is 76.5 Å². The van der Waals surface area contributed by atoms with E-state index in [1.807, 2.05) is 50.4 Å². The van der Waals surface area contributed by atoms with Gasteiger partial charge in [-0.1, -0.05) is 44.2 Å². The van der Waals surface area contributed by atoms with Gasteiger partial charge in [0, 0.05) is 6.42 Å². The summed E-state index contributed by atoms with van der Waals surface area (Å²) in [4.78, 5) is 50.8. The normalized spacial score (nSPS) is 14.3. The molecule has 0 aliphatic carbocycles. The molecule has 0 spiro atoms. The second-order valence-electron chi connectivity index (χ2n) is 9.51. The van der Waals surface area contributed by atoms with Gasteiger partial charge in [0.25, 0.3) is 0 Å². The molecule has 0 bridgehead atoms. The number of carboxylic acids is 1. The zero-order chi connectivity index (χ0) is 27.8. The van der Waals surface area contributed by atoms with Crippen molar-refractivity contribution in [2.75, 3.05) is 18.6 Å². The molecular weight excluding hydrogens is 494 g/mol. The quantitative estimate of drug-likeness (QED) is 0.150. The molecular formula is C26H43N5O5S. The van der Waals surface area contributed by atoms with E-state index in [0.29, 0.717) is 38.0 Å². The lowest BCUT2D eigenvalue weighted by molar-refractivity contribution is -0.142. The molecule has 4 unspecified atom stereocenters. The summed E-state index contributed by atoms with van der Waals surface area (Å²) >= 11 is 1.48. The Hall–Kier alpha value is -2.63. The Labute approximate surface area is 224 Å². The Balaban J connectivity index is 3.09. The predicted molar refractivity (Wildman–Crippen MR) is 147 cm³/mol. The number of hydrogen-bond donors (Lipinski definition) is 6. The van der Waals surface area contributed by atoms with Crippen LogP contribution in [0.15, 0.2) is 30.3 Å².